The lowest BCUT2D eigenvalue weighted by atomic mass is 10.0. The molecule has 182 valence electrons. The fraction of sp³-hybridized carbons (Fsp3) is 1.00. The Balaban J connectivity index is 4.95. The first-order valence-electron chi connectivity index (χ1n) is 9.50. The van der Waals surface area contributed by atoms with Gasteiger partial charge < -0.3 is 55.4 Å². The molecular weight excluding hydrogens is 444 g/mol. The Hall–Kier alpha value is 0.260. The van der Waals surface area contributed by atoms with Crippen molar-refractivity contribution in [1.82, 2.24) is 0 Å². The van der Waals surface area contributed by atoms with Crippen molar-refractivity contribution in [1.29, 1.82) is 0 Å². The van der Waals surface area contributed by atoms with Gasteiger partial charge in [0.25, 0.3) is 0 Å². The van der Waals surface area contributed by atoms with Gasteiger partial charge >= 0.3 is 0 Å². The van der Waals surface area contributed by atoms with Crippen LogP contribution in [0, 0.1) is 0 Å². The average Bonchev–Trinajstić information content (AvgIpc) is 2.76. The van der Waals surface area contributed by atoms with Gasteiger partial charge in [0.15, 0.2) is 0 Å². The number of methoxy groups -OCH3 is 1. The van der Waals surface area contributed by atoms with Crippen molar-refractivity contribution in [2.24, 2.45) is 0 Å². The Morgan fingerprint density at radius 3 is 1.50 bits per heavy atom. The summed E-state index contributed by atoms with van der Waals surface area (Å²) in [5, 5.41) is 88.7. The van der Waals surface area contributed by atoms with Crippen molar-refractivity contribution in [3.8, 4) is 0 Å². The Kier molecular flexibility index (Phi) is 16.1. The molecule has 0 aliphatic rings. The van der Waals surface area contributed by atoms with Crippen LogP contribution in [0.4, 0.5) is 0 Å². The van der Waals surface area contributed by atoms with E-state index in [0.29, 0.717) is 11.5 Å². The van der Waals surface area contributed by atoms with Gasteiger partial charge in [-0.2, -0.15) is 0 Å². The molecule has 9 N–H and O–H groups in total. The summed E-state index contributed by atoms with van der Waals surface area (Å²) in [6, 6.07) is 0. The zero-order chi connectivity index (χ0) is 23.4. The highest BCUT2D eigenvalue weighted by molar-refractivity contribution is 8.00. The van der Waals surface area contributed by atoms with Gasteiger partial charge in [-0.1, -0.05) is 13.8 Å². The summed E-state index contributed by atoms with van der Waals surface area (Å²) in [5.74, 6) is 0.994. The Morgan fingerprint density at radius 1 is 0.633 bits per heavy atom. The zero-order valence-corrected chi connectivity index (χ0v) is 18.9. The van der Waals surface area contributed by atoms with E-state index in [1.165, 1.54) is 18.9 Å². The minimum absolute atomic E-state index is 0.414. The third kappa shape index (κ3) is 9.40. The van der Waals surface area contributed by atoms with Gasteiger partial charge in [0.2, 0.25) is 0 Å². The maximum Gasteiger partial charge on any atom is 0.131 e. The van der Waals surface area contributed by atoms with Crippen LogP contribution >= 0.6 is 23.5 Å². The number of aliphatic hydroxyl groups is 9. The normalized spacial score (nSPS) is 22.4. The third-order valence-electron chi connectivity index (χ3n) is 4.26. The van der Waals surface area contributed by atoms with Crippen molar-refractivity contribution < 1.29 is 55.4 Å². The minimum atomic E-state index is -1.86. The smallest absolute Gasteiger partial charge is 0.131 e. The summed E-state index contributed by atoms with van der Waals surface area (Å²) in [4.78, 5) is 0. The molecule has 0 unspecified atom stereocenters. The second-order valence-electron chi connectivity index (χ2n) is 6.48. The van der Waals surface area contributed by atoms with Gasteiger partial charge in [-0.15, -0.1) is 23.5 Å². The summed E-state index contributed by atoms with van der Waals surface area (Å²) in [7, 11) is 1.33. The molecule has 0 heterocycles. The predicted molar refractivity (Wildman–Crippen MR) is 112 cm³/mol. The first-order valence-corrected chi connectivity index (χ1v) is 11.6. The zero-order valence-electron chi connectivity index (χ0n) is 17.3. The fourth-order valence-electron chi connectivity index (χ4n) is 2.46. The van der Waals surface area contributed by atoms with E-state index in [1.807, 2.05) is 6.92 Å². The first kappa shape index (κ1) is 30.3. The second kappa shape index (κ2) is 16.0. The second-order valence-corrected chi connectivity index (χ2v) is 9.23. The largest absolute Gasteiger partial charge is 0.394 e. The number of aliphatic hydroxyl groups excluding tert-OH is 9. The van der Waals surface area contributed by atoms with Crippen LogP contribution in [0.5, 0.6) is 0 Å². The van der Waals surface area contributed by atoms with Crippen molar-refractivity contribution in [2.45, 2.75) is 73.6 Å². The van der Waals surface area contributed by atoms with Gasteiger partial charge in [-0.05, 0) is 11.5 Å². The van der Waals surface area contributed by atoms with Crippen LogP contribution in [0.15, 0.2) is 0 Å². The molecule has 0 aromatic heterocycles. The van der Waals surface area contributed by atoms with Crippen LogP contribution < -0.4 is 0 Å². The van der Waals surface area contributed by atoms with Gasteiger partial charge in [-0.25, -0.2) is 0 Å². The summed E-state index contributed by atoms with van der Waals surface area (Å²) in [5.41, 5.74) is -2.00. The van der Waals surface area contributed by atoms with E-state index in [0.717, 1.165) is 11.8 Å². The molecule has 13 heteroatoms. The van der Waals surface area contributed by atoms with E-state index in [9.17, 15) is 40.9 Å². The van der Waals surface area contributed by atoms with E-state index in [2.05, 4.69) is 0 Å². The molecule has 0 rings (SSSR count). The van der Waals surface area contributed by atoms with Crippen molar-refractivity contribution in [2.75, 3.05) is 31.8 Å². The van der Waals surface area contributed by atoms with Gasteiger partial charge in [0.1, 0.15) is 59.7 Å². The summed E-state index contributed by atoms with van der Waals surface area (Å²) < 4.78 is 10.4. The van der Waals surface area contributed by atoms with Gasteiger partial charge in [-0.3, -0.25) is 0 Å². The molecule has 11 nitrogen and oxygen atoms in total. The highest BCUT2D eigenvalue weighted by atomic mass is 32.2. The van der Waals surface area contributed by atoms with Crippen molar-refractivity contribution in [3.63, 3.8) is 0 Å². The monoisotopic (exact) mass is 480 g/mol. The highest BCUT2D eigenvalue weighted by Gasteiger charge is 2.38. The van der Waals surface area contributed by atoms with E-state index in [-0.39, 0.29) is 0 Å². The Labute approximate surface area is 184 Å². The maximum atomic E-state index is 10.2. The lowest BCUT2D eigenvalue weighted by Crippen LogP contribution is -2.52. The molecule has 30 heavy (non-hydrogen) atoms. The van der Waals surface area contributed by atoms with Gasteiger partial charge in [0.05, 0.1) is 13.2 Å². The van der Waals surface area contributed by atoms with E-state index >= 15 is 0 Å². The Bertz CT molecular complexity index is 437. The topological polar surface area (TPSA) is 201 Å². The molecule has 0 bridgehead atoms. The van der Waals surface area contributed by atoms with Crippen LogP contribution in [0.25, 0.3) is 0 Å². The molecule has 0 aliphatic heterocycles. The molecule has 0 fully saturated rings. The Morgan fingerprint density at radius 2 is 1.07 bits per heavy atom. The first-order chi connectivity index (χ1) is 14.1. The average molecular weight is 481 g/mol. The van der Waals surface area contributed by atoms with Gasteiger partial charge in [0, 0.05) is 7.11 Å². The number of hydrogen-bond acceptors (Lipinski definition) is 13. The maximum absolute atomic E-state index is 10.2. The molecule has 0 aliphatic carbocycles. The molecule has 0 aromatic rings. The summed E-state index contributed by atoms with van der Waals surface area (Å²) in [6.45, 7) is 2.13. The predicted octanol–water partition coefficient (Wildman–Crippen LogP) is -3.31. The fourth-order valence-corrected chi connectivity index (χ4v) is 4.15. The molecule has 10 atom stereocenters. The lowest BCUT2D eigenvalue weighted by molar-refractivity contribution is -0.156. The molecule has 0 aromatic carbocycles. The number of rotatable bonds is 17. The van der Waals surface area contributed by atoms with Crippen LogP contribution in [-0.2, 0) is 9.47 Å². The van der Waals surface area contributed by atoms with E-state index in [1.54, 1.807) is 6.92 Å². The molecule has 0 saturated carbocycles. The number of hydrogen-bond donors (Lipinski definition) is 9. The summed E-state index contributed by atoms with van der Waals surface area (Å²) in [6.07, 6.45) is -13.8. The molecular formula is C17H36O11S2. The van der Waals surface area contributed by atoms with Crippen LogP contribution in [0.3, 0.4) is 0 Å². The number of ether oxygens (including phenoxy) is 2. The van der Waals surface area contributed by atoms with Crippen molar-refractivity contribution in [3.05, 3.63) is 0 Å². The molecule has 0 spiro atoms. The quantitative estimate of drug-likeness (QED) is 0.0938. The minimum Gasteiger partial charge on any atom is -0.394 e. The summed E-state index contributed by atoms with van der Waals surface area (Å²) >= 11 is 2.22. The molecule has 0 radical (unpaired) electrons. The molecule has 0 saturated heterocycles. The third-order valence-corrected chi connectivity index (χ3v) is 6.47. The SMILES string of the molecule is CCS[C@@H](OC)[C@H](O)[C@@H](O)[C@@H](O)[C@@H](O)CO[C@H](SCC)[C@H](O)[C@@H](O)[C@@H](O)[C@@H](O)CO. The van der Waals surface area contributed by atoms with Crippen molar-refractivity contribution >= 4 is 23.5 Å². The van der Waals surface area contributed by atoms with Crippen LogP contribution in [0.2, 0.25) is 0 Å². The van der Waals surface area contributed by atoms with Crippen LogP contribution in [-0.4, -0.2) is 137 Å². The van der Waals surface area contributed by atoms with E-state index < -0.39 is 72.9 Å². The highest BCUT2D eigenvalue weighted by Crippen LogP contribution is 2.23. The standard InChI is InChI=1S/C17H36O11S2/c1-4-29-16(27-3)14(25)13(24)11(22)9(20)7-28-17(30-5-2)15(26)12(23)10(21)8(19)6-18/h8-26H,4-7H2,1-3H3/t8-,9-,10-,11-,12-,13-,14+,15+,16+,17+/m0/s1. The van der Waals surface area contributed by atoms with Crippen LogP contribution in [0.1, 0.15) is 13.8 Å². The number of thioether (sulfide) groups is 2. The van der Waals surface area contributed by atoms with E-state index in [4.69, 9.17) is 14.6 Å². The lowest BCUT2D eigenvalue weighted by Gasteiger charge is -2.33. The molecule has 0 amide bonds.